The molecule has 1 heterocycles. The Morgan fingerprint density at radius 1 is 1.33 bits per heavy atom. The average Bonchev–Trinajstić information content (AvgIpc) is 2.90. The fraction of sp³-hybridized carbons (Fsp3) is 0.471. The van der Waals surface area contributed by atoms with Gasteiger partial charge in [-0.2, -0.15) is 5.10 Å². The maximum absolute atomic E-state index is 5.71. The quantitative estimate of drug-likeness (QED) is 0.830. The topological polar surface area (TPSA) is 39.1 Å². The van der Waals surface area contributed by atoms with E-state index < -0.39 is 0 Å². The summed E-state index contributed by atoms with van der Waals surface area (Å²) in [5.74, 6) is 0.949. The minimum Gasteiger partial charge on any atom is -0.494 e. The Bertz CT molecular complexity index is 565. The molecule has 0 aliphatic heterocycles. The molecule has 1 unspecified atom stereocenters. The van der Waals surface area contributed by atoms with Crippen LogP contribution in [0.5, 0.6) is 5.75 Å². The largest absolute Gasteiger partial charge is 0.494 e. The summed E-state index contributed by atoms with van der Waals surface area (Å²) in [6.45, 7) is 1.73. The number of para-hydroxylation sites is 1. The van der Waals surface area contributed by atoms with Crippen LogP contribution in [-0.2, 0) is 13.5 Å². The lowest BCUT2D eigenvalue weighted by Gasteiger charge is -2.23. The molecule has 3 rings (SSSR count). The van der Waals surface area contributed by atoms with Crippen LogP contribution < -0.4 is 10.1 Å². The molecule has 0 spiro atoms. The van der Waals surface area contributed by atoms with E-state index in [0.717, 1.165) is 31.7 Å². The lowest BCUT2D eigenvalue weighted by atomic mass is 9.93. The van der Waals surface area contributed by atoms with Crippen molar-refractivity contribution in [3.8, 4) is 5.75 Å². The van der Waals surface area contributed by atoms with E-state index in [2.05, 4.69) is 10.4 Å². The molecule has 1 aromatic carbocycles. The maximum atomic E-state index is 5.71. The number of hydrogen-bond donors (Lipinski definition) is 1. The number of fused-ring (bicyclic) bond motifs is 1. The third-order valence-electron chi connectivity index (χ3n) is 4.10. The van der Waals surface area contributed by atoms with E-state index in [1.165, 1.54) is 24.1 Å². The Morgan fingerprint density at radius 2 is 2.19 bits per heavy atom. The van der Waals surface area contributed by atoms with Gasteiger partial charge in [0.2, 0.25) is 0 Å². The van der Waals surface area contributed by atoms with Crippen LogP contribution in [0.25, 0.3) is 0 Å². The zero-order valence-corrected chi connectivity index (χ0v) is 12.6. The lowest BCUT2D eigenvalue weighted by Crippen LogP contribution is -2.27. The Labute approximate surface area is 126 Å². The van der Waals surface area contributed by atoms with Gasteiger partial charge in [0.25, 0.3) is 0 Å². The normalized spacial score (nSPS) is 17.5. The molecule has 21 heavy (non-hydrogen) atoms. The SMILES string of the molecule is Cn1ncc2c1CCCC2NCCCOc1ccccc1. The number of rotatable bonds is 6. The molecule has 1 aromatic heterocycles. The number of ether oxygens (including phenoxy) is 1. The second-order valence-corrected chi connectivity index (χ2v) is 5.58. The molecule has 1 aliphatic carbocycles. The molecule has 1 N–H and O–H groups in total. The fourth-order valence-electron chi connectivity index (χ4n) is 2.97. The Morgan fingerprint density at radius 3 is 3.05 bits per heavy atom. The van der Waals surface area contributed by atoms with Gasteiger partial charge >= 0.3 is 0 Å². The van der Waals surface area contributed by atoms with E-state index in [1.54, 1.807) is 0 Å². The molecule has 4 heteroatoms. The van der Waals surface area contributed by atoms with Gasteiger partial charge in [-0.15, -0.1) is 0 Å². The van der Waals surface area contributed by atoms with E-state index in [4.69, 9.17) is 4.74 Å². The summed E-state index contributed by atoms with van der Waals surface area (Å²) in [7, 11) is 2.04. The van der Waals surface area contributed by atoms with Gasteiger partial charge in [0, 0.05) is 24.3 Å². The number of nitrogens with zero attached hydrogens (tertiary/aromatic N) is 2. The van der Waals surface area contributed by atoms with Crippen molar-refractivity contribution < 1.29 is 4.74 Å². The summed E-state index contributed by atoms with van der Waals surface area (Å²) in [6.07, 6.45) is 6.64. The van der Waals surface area contributed by atoms with E-state index in [9.17, 15) is 0 Å². The summed E-state index contributed by atoms with van der Waals surface area (Å²) >= 11 is 0. The zero-order chi connectivity index (χ0) is 14.5. The van der Waals surface area contributed by atoms with Crippen molar-refractivity contribution in [2.75, 3.05) is 13.2 Å². The van der Waals surface area contributed by atoms with Gasteiger partial charge < -0.3 is 10.1 Å². The number of aryl methyl sites for hydroxylation is 1. The van der Waals surface area contributed by atoms with E-state index in [0.29, 0.717) is 6.04 Å². The molecule has 0 saturated carbocycles. The minimum atomic E-state index is 0.458. The first kappa shape index (κ1) is 14.1. The van der Waals surface area contributed by atoms with Crippen LogP contribution in [0.15, 0.2) is 36.5 Å². The second kappa shape index (κ2) is 6.76. The number of nitrogens with one attached hydrogen (secondary N) is 1. The first-order valence-electron chi connectivity index (χ1n) is 7.76. The summed E-state index contributed by atoms with van der Waals surface area (Å²) in [4.78, 5) is 0. The summed E-state index contributed by atoms with van der Waals surface area (Å²) < 4.78 is 7.73. The third kappa shape index (κ3) is 3.45. The van der Waals surface area contributed by atoms with Crippen molar-refractivity contribution in [3.05, 3.63) is 47.8 Å². The molecular weight excluding hydrogens is 262 g/mol. The van der Waals surface area contributed by atoms with Crippen LogP contribution in [0.2, 0.25) is 0 Å². The van der Waals surface area contributed by atoms with Crippen molar-refractivity contribution in [3.63, 3.8) is 0 Å². The molecule has 0 fully saturated rings. The number of aromatic nitrogens is 2. The highest BCUT2D eigenvalue weighted by molar-refractivity contribution is 5.24. The van der Waals surface area contributed by atoms with Crippen molar-refractivity contribution in [1.29, 1.82) is 0 Å². The van der Waals surface area contributed by atoms with Crippen molar-refractivity contribution in [2.24, 2.45) is 7.05 Å². The number of benzene rings is 1. The summed E-state index contributed by atoms with van der Waals surface area (Å²) in [5.41, 5.74) is 2.77. The van der Waals surface area contributed by atoms with Gasteiger partial charge in [0.1, 0.15) is 5.75 Å². The monoisotopic (exact) mass is 285 g/mol. The molecule has 1 aliphatic rings. The molecule has 0 amide bonds. The van der Waals surface area contributed by atoms with Gasteiger partial charge in [-0.1, -0.05) is 18.2 Å². The maximum Gasteiger partial charge on any atom is 0.119 e. The van der Waals surface area contributed by atoms with Gasteiger partial charge in [-0.25, -0.2) is 0 Å². The van der Waals surface area contributed by atoms with Crippen molar-refractivity contribution in [2.45, 2.75) is 31.7 Å². The van der Waals surface area contributed by atoms with Crippen LogP contribution >= 0.6 is 0 Å². The number of hydrogen-bond acceptors (Lipinski definition) is 3. The Kier molecular flexibility index (Phi) is 4.55. The third-order valence-corrected chi connectivity index (χ3v) is 4.10. The molecular formula is C17H23N3O. The molecule has 0 bridgehead atoms. The van der Waals surface area contributed by atoms with Crippen molar-refractivity contribution in [1.82, 2.24) is 15.1 Å². The molecule has 0 radical (unpaired) electrons. The van der Waals surface area contributed by atoms with Crippen molar-refractivity contribution >= 4 is 0 Å². The van der Waals surface area contributed by atoms with E-state index in [-0.39, 0.29) is 0 Å². The fourth-order valence-corrected chi connectivity index (χ4v) is 2.97. The average molecular weight is 285 g/mol. The van der Waals surface area contributed by atoms with Crippen LogP contribution in [-0.4, -0.2) is 22.9 Å². The Hall–Kier alpha value is -1.81. The van der Waals surface area contributed by atoms with E-state index in [1.807, 2.05) is 48.3 Å². The van der Waals surface area contributed by atoms with Crippen LogP contribution in [0, 0.1) is 0 Å². The predicted molar refractivity (Wildman–Crippen MR) is 83.4 cm³/mol. The van der Waals surface area contributed by atoms with Crippen LogP contribution in [0.1, 0.15) is 36.6 Å². The van der Waals surface area contributed by atoms with Gasteiger partial charge in [-0.3, -0.25) is 4.68 Å². The molecule has 0 saturated heterocycles. The van der Waals surface area contributed by atoms with Gasteiger partial charge in [0.05, 0.1) is 12.8 Å². The lowest BCUT2D eigenvalue weighted by molar-refractivity contribution is 0.302. The highest BCUT2D eigenvalue weighted by Crippen LogP contribution is 2.28. The van der Waals surface area contributed by atoms with Gasteiger partial charge in [0.15, 0.2) is 0 Å². The highest BCUT2D eigenvalue weighted by Gasteiger charge is 2.22. The minimum absolute atomic E-state index is 0.458. The first-order chi connectivity index (χ1) is 10.3. The second-order valence-electron chi connectivity index (χ2n) is 5.58. The van der Waals surface area contributed by atoms with Crippen LogP contribution in [0.3, 0.4) is 0 Å². The zero-order valence-electron chi connectivity index (χ0n) is 12.6. The first-order valence-corrected chi connectivity index (χ1v) is 7.76. The smallest absolute Gasteiger partial charge is 0.119 e. The van der Waals surface area contributed by atoms with Gasteiger partial charge in [-0.05, 0) is 44.4 Å². The molecule has 2 aromatic rings. The van der Waals surface area contributed by atoms with E-state index >= 15 is 0 Å². The molecule has 112 valence electrons. The van der Waals surface area contributed by atoms with Crippen LogP contribution in [0.4, 0.5) is 0 Å². The standard InChI is InChI=1S/C17H23N3O/c1-20-17-10-5-9-16(15(17)13-19-20)18-11-6-12-21-14-7-3-2-4-8-14/h2-4,7-8,13,16,18H,5-6,9-12H2,1H3. The molecule has 1 atom stereocenters. The summed E-state index contributed by atoms with van der Waals surface area (Å²) in [6, 6.07) is 10.5. The Balaban J connectivity index is 1.42. The highest BCUT2D eigenvalue weighted by atomic mass is 16.5. The summed E-state index contributed by atoms with van der Waals surface area (Å²) in [5, 5.41) is 8.03. The predicted octanol–water partition coefficient (Wildman–Crippen LogP) is 2.86. The molecule has 4 nitrogen and oxygen atoms in total.